The van der Waals surface area contributed by atoms with Gasteiger partial charge in [-0.1, -0.05) is 18.6 Å². The Morgan fingerprint density at radius 1 is 1.17 bits per heavy atom. The summed E-state index contributed by atoms with van der Waals surface area (Å²) in [5.74, 6) is 0.214. The standard InChI is InChI=1S/C17H24FNO3S/c18-15-8-6-14(7-9-15)17(20)11-16-5-2-10-19(16)23(21,22)12-13-3-1-4-13/h6-9,13,16-17,20H,1-5,10-12H2. The molecule has 2 fully saturated rings. The Morgan fingerprint density at radius 2 is 1.87 bits per heavy atom. The summed E-state index contributed by atoms with van der Waals surface area (Å²) < 4.78 is 39.8. The lowest BCUT2D eigenvalue weighted by Crippen LogP contribution is -2.40. The lowest BCUT2D eigenvalue weighted by atomic mass is 9.87. The topological polar surface area (TPSA) is 57.6 Å². The van der Waals surface area contributed by atoms with Crippen molar-refractivity contribution in [3.63, 3.8) is 0 Å². The van der Waals surface area contributed by atoms with Gasteiger partial charge in [-0.3, -0.25) is 0 Å². The first-order valence-electron chi connectivity index (χ1n) is 8.39. The molecule has 1 N–H and O–H groups in total. The largest absolute Gasteiger partial charge is 0.388 e. The molecule has 0 radical (unpaired) electrons. The molecule has 1 saturated carbocycles. The quantitative estimate of drug-likeness (QED) is 0.865. The van der Waals surface area contributed by atoms with Crippen molar-refractivity contribution in [1.82, 2.24) is 4.31 Å². The average Bonchev–Trinajstić information content (AvgIpc) is 2.93. The number of halogens is 1. The minimum Gasteiger partial charge on any atom is -0.388 e. The van der Waals surface area contributed by atoms with Crippen LogP contribution < -0.4 is 0 Å². The van der Waals surface area contributed by atoms with Gasteiger partial charge < -0.3 is 5.11 Å². The molecule has 0 amide bonds. The predicted molar refractivity (Wildman–Crippen MR) is 86.8 cm³/mol. The lowest BCUT2D eigenvalue weighted by molar-refractivity contribution is 0.141. The molecule has 1 aromatic carbocycles. The number of aliphatic hydroxyl groups excluding tert-OH is 1. The van der Waals surface area contributed by atoms with E-state index in [0.29, 0.717) is 24.4 Å². The van der Waals surface area contributed by atoms with Gasteiger partial charge in [0.05, 0.1) is 11.9 Å². The molecule has 23 heavy (non-hydrogen) atoms. The zero-order valence-electron chi connectivity index (χ0n) is 13.2. The van der Waals surface area contributed by atoms with Crippen molar-refractivity contribution in [1.29, 1.82) is 0 Å². The van der Waals surface area contributed by atoms with Gasteiger partial charge >= 0.3 is 0 Å². The normalized spacial score (nSPS) is 24.5. The Labute approximate surface area is 137 Å². The fourth-order valence-corrected chi connectivity index (χ4v) is 5.72. The maximum atomic E-state index is 13.0. The third-order valence-corrected chi connectivity index (χ3v) is 7.19. The predicted octanol–water partition coefficient (Wildman–Crippen LogP) is 2.84. The third-order valence-electron chi connectivity index (χ3n) is 5.10. The monoisotopic (exact) mass is 341 g/mol. The fourth-order valence-electron chi connectivity index (χ4n) is 3.54. The first kappa shape index (κ1) is 16.9. The highest BCUT2D eigenvalue weighted by molar-refractivity contribution is 7.89. The van der Waals surface area contributed by atoms with Gasteiger partial charge in [0.15, 0.2) is 0 Å². The van der Waals surface area contributed by atoms with Crippen LogP contribution in [0, 0.1) is 11.7 Å². The van der Waals surface area contributed by atoms with E-state index in [1.165, 1.54) is 12.1 Å². The number of sulfonamides is 1. The van der Waals surface area contributed by atoms with Crippen LogP contribution in [0.2, 0.25) is 0 Å². The van der Waals surface area contributed by atoms with Crippen LogP contribution >= 0.6 is 0 Å². The van der Waals surface area contributed by atoms with Crippen LogP contribution in [0.3, 0.4) is 0 Å². The molecule has 3 rings (SSSR count). The molecule has 2 unspecified atom stereocenters. The Kier molecular flexibility index (Phi) is 5.04. The summed E-state index contributed by atoms with van der Waals surface area (Å²) in [6, 6.07) is 5.60. The van der Waals surface area contributed by atoms with Gasteiger partial charge in [-0.15, -0.1) is 0 Å². The number of nitrogens with zero attached hydrogens (tertiary/aromatic N) is 1. The highest BCUT2D eigenvalue weighted by Crippen LogP contribution is 2.33. The van der Waals surface area contributed by atoms with Gasteiger partial charge in [-0.25, -0.2) is 12.8 Å². The second kappa shape index (κ2) is 6.87. The van der Waals surface area contributed by atoms with E-state index in [2.05, 4.69) is 0 Å². The van der Waals surface area contributed by atoms with Gasteiger partial charge in [-0.05, 0) is 55.7 Å². The van der Waals surface area contributed by atoms with Crippen LogP contribution in [-0.4, -0.2) is 36.2 Å². The molecule has 2 atom stereocenters. The Hall–Kier alpha value is -0.980. The van der Waals surface area contributed by atoms with Crippen molar-refractivity contribution in [2.24, 2.45) is 5.92 Å². The molecule has 0 bridgehead atoms. The first-order chi connectivity index (χ1) is 11.0. The van der Waals surface area contributed by atoms with E-state index < -0.39 is 16.1 Å². The van der Waals surface area contributed by atoms with E-state index in [4.69, 9.17) is 0 Å². The molecular weight excluding hydrogens is 317 g/mol. The molecule has 4 nitrogen and oxygen atoms in total. The molecule has 1 aromatic rings. The minimum atomic E-state index is -3.24. The van der Waals surface area contributed by atoms with Crippen LogP contribution in [-0.2, 0) is 10.0 Å². The third kappa shape index (κ3) is 3.92. The maximum Gasteiger partial charge on any atom is 0.214 e. The maximum absolute atomic E-state index is 13.0. The molecule has 1 aliphatic heterocycles. The van der Waals surface area contributed by atoms with Crippen LogP contribution in [0.1, 0.15) is 50.2 Å². The molecule has 0 aromatic heterocycles. The summed E-state index contributed by atoms with van der Waals surface area (Å²) in [6.45, 7) is 0.551. The van der Waals surface area contributed by atoms with Crippen molar-refractivity contribution in [3.8, 4) is 0 Å². The molecule has 6 heteroatoms. The molecule has 1 heterocycles. The molecular formula is C17H24FNO3S. The molecule has 1 saturated heterocycles. The Balaban J connectivity index is 1.65. The van der Waals surface area contributed by atoms with Gasteiger partial charge in [0.1, 0.15) is 5.82 Å². The summed E-state index contributed by atoms with van der Waals surface area (Å²) in [4.78, 5) is 0. The van der Waals surface area contributed by atoms with Gasteiger partial charge in [0.2, 0.25) is 10.0 Å². The number of rotatable bonds is 6. The smallest absolute Gasteiger partial charge is 0.214 e. The first-order valence-corrected chi connectivity index (χ1v) is 9.99. The summed E-state index contributed by atoms with van der Waals surface area (Å²) in [5.41, 5.74) is 0.634. The van der Waals surface area contributed by atoms with E-state index in [1.54, 1.807) is 16.4 Å². The number of aliphatic hydroxyl groups is 1. The van der Waals surface area contributed by atoms with Gasteiger partial charge in [0.25, 0.3) is 0 Å². The minimum absolute atomic E-state index is 0.153. The second-order valence-electron chi connectivity index (χ2n) is 6.79. The van der Waals surface area contributed by atoms with Crippen molar-refractivity contribution >= 4 is 10.0 Å². The van der Waals surface area contributed by atoms with E-state index in [0.717, 1.165) is 32.1 Å². The number of benzene rings is 1. The van der Waals surface area contributed by atoms with Crippen LogP contribution in [0.25, 0.3) is 0 Å². The summed E-state index contributed by atoms with van der Waals surface area (Å²) >= 11 is 0. The number of hydrogen-bond acceptors (Lipinski definition) is 3. The second-order valence-corrected chi connectivity index (χ2v) is 8.75. The van der Waals surface area contributed by atoms with Crippen molar-refractivity contribution < 1.29 is 17.9 Å². The van der Waals surface area contributed by atoms with Gasteiger partial charge in [-0.2, -0.15) is 4.31 Å². The molecule has 2 aliphatic rings. The van der Waals surface area contributed by atoms with Crippen LogP contribution in [0.5, 0.6) is 0 Å². The Bertz CT molecular complexity index is 628. The highest BCUT2D eigenvalue weighted by Gasteiger charge is 2.37. The Morgan fingerprint density at radius 3 is 2.48 bits per heavy atom. The molecule has 0 spiro atoms. The van der Waals surface area contributed by atoms with Crippen molar-refractivity contribution in [2.45, 2.75) is 50.7 Å². The fraction of sp³-hybridized carbons (Fsp3) is 0.647. The highest BCUT2D eigenvalue weighted by atomic mass is 32.2. The zero-order chi connectivity index (χ0) is 16.4. The molecule has 1 aliphatic carbocycles. The van der Waals surface area contributed by atoms with Gasteiger partial charge in [0, 0.05) is 12.6 Å². The van der Waals surface area contributed by atoms with E-state index in [1.807, 2.05) is 0 Å². The van der Waals surface area contributed by atoms with Crippen molar-refractivity contribution in [2.75, 3.05) is 12.3 Å². The van der Waals surface area contributed by atoms with Crippen LogP contribution in [0.4, 0.5) is 4.39 Å². The van der Waals surface area contributed by atoms with E-state index >= 15 is 0 Å². The average molecular weight is 341 g/mol. The SMILES string of the molecule is O=S(=O)(CC1CCC1)N1CCCC1CC(O)c1ccc(F)cc1. The summed E-state index contributed by atoms with van der Waals surface area (Å²) in [7, 11) is -3.24. The van der Waals surface area contributed by atoms with E-state index in [9.17, 15) is 17.9 Å². The lowest BCUT2D eigenvalue weighted by Gasteiger charge is -2.30. The van der Waals surface area contributed by atoms with E-state index in [-0.39, 0.29) is 17.6 Å². The summed E-state index contributed by atoms with van der Waals surface area (Å²) in [5, 5.41) is 10.4. The summed E-state index contributed by atoms with van der Waals surface area (Å²) in [6.07, 6.45) is 4.38. The van der Waals surface area contributed by atoms with Crippen molar-refractivity contribution in [3.05, 3.63) is 35.6 Å². The zero-order valence-corrected chi connectivity index (χ0v) is 14.0. The van der Waals surface area contributed by atoms with Crippen LogP contribution in [0.15, 0.2) is 24.3 Å². The number of hydrogen-bond donors (Lipinski definition) is 1. The molecule has 128 valence electrons.